The molecule has 25 heavy (non-hydrogen) atoms. The summed E-state index contributed by atoms with van der Waals surface area (Å²) in [5.41, 5.74) is 3.78. The van der Waals surface area contributed by atoms with E-state index < -0.39 is 5.97 Å². The van der Waals surface area contributed by atoms with Crippen LogP contribution in [-0.2, 0) is 28.9 Å². The fourth-order valence-corrected chi connectivity index (χ4v) is 4.02. The normalized spacial score (nSPS) is 18.7. The van der Waals surface area contributed by atoms with Gasteiger partial charge < -0.3 is 5.11 Å². The Hall–Kier alpha value is -1.75. The van der Waals surface area contributed by atoms with Gasteiger partial charge in [0.1, 0.15) is 5.78 Å². The van der Waals surface area contributed by atoms with Crippen molar-refractivity contribution in [3.63, 3.8) is 0 Å². The van der Waals surface area contributed by atoms with Gasteiger partial charge in [-0.25, -0.2) is 0 Å². The van der Waals surface area contributed by atoms with Crippen LogP contribution in [0, 0.1) is 5.92 Å². The molecule has 1 fully saturated rings. The summed E-state index contributed by atoms with van der Waals surface area (Å²) in [6.45, 7) is 1.52. The second-order valence-electron chi connectivity index (χ2n) is 7.38. The van der Waals surface area contributed by atoms with Crippen molar-refractivity contribution in [2.24, 2.45) is 5.92 Å². The molecule has 0 bridgehead atoms. The number of ketones is 1. The Bertz CT molecular complexity index is 621. The van der Waals surface area contributed by atoms with E-state index in [4.69, 9.17) is 10.1 Å². The van der Waals surface area contributed by atoms with E-state index >= 15 is 0 Å². The summed E-state index contributed by atoms with van der Waals surface area (Å²) >= 11 is 0. The molecule has 0 spiro atoms. The number of rotatable bonds is 7. The van der Waals surface area contributed by atoms with Crippen molar-refractivity contribution in [1.29, 1.82) is 0 Å². The van der Waals surface area contributed by atoms with E-state index in [1.165, 1.54) is 24.1 Å². The van der Waals surface area contributed by atoms with Crippen molar-refractivity contribution in [2.75, 3.05) is 19.6 Å². The molecule has 0 saturated carbocycles. The van der Waals surface area contributed by atoms with Crippen LogP contribution in [0.2, 0.25) is 0 Å². The van der Waals surface area contributed by atoms with Crippen molar-refractivity contribution in [3.8, 4) is 0 Å². The Balaban J connectivity index is 1.40. The Morgan fingerprint density at radius 3 is 2.68 bits per heavy atom. The number of aromatic nitrogens is 1. The highest BCUT2D eigenvalue weighted by Gasteiger charge is 2.25. The van der Waals surface area contributed by atoms with E-state index in [-0.39, 0.29) is 12.5 Å². The van der Waals surface area contributed by atoms with Crippen LogP contribution in [0.5, 0.6) is 0 Å². The molecular weight excluding hydrogens is 316 g/mol. The smallest absolute Gasteiger partial charge is 0.317 e. The fraction of sp³-hybridized carbons (Fsp3) is 0.650. The molecule has 0 aromatic carbocycles. The van der Waals surface area contributed by atoms with E-state index in [2.05, 4.69) is 12.1 Å². The summed E-state index contributed by atoms with van der Waals surface area (Å²) in [6.07, 6.45) is 8.70. The predicted molar refractivity (Wildman–Crippen MR) is 95.6 cm³/mol. The first-order valence-electron chi connectivity index (χ1n) is 9.56. The van der Waals surface area contributed by atoms with E-state index in [1.807, 2.05) is 4.90 Å². The molecule has 3 rings (SSSR count). The Morgan fingerprint density at radius 2 is 1.92 bits per heavy atom. The summed E-state index contributed by atoms with van der Waals surface area (Å²) < 4.78 is 0. The van der Waals surface area contributed by atoms with Crippen LogP contribution < -0.4 is 0 Å². The number of hydrogen-bond donors (Lipinski definition) is 1. The van der Waals surface area contributed by atoms with Gasteiger partial charge >= 0.3 is 5.97 Å². The minimum absolute atomic E-state index is 0.0882. The highest BCUT2D eigenvalue weighted by molar-refractivity contribution is 5.81. The molecule has 136 valence electrons. The van der Waals surface area contributed by atoms with Gasteiger partial charge in [-0.2, -0.15) is 0 Å². The lowest BCUT2D eigenvalue weighted by Gasteiger charge is -2.29. The highest BCUT2D eigenvalue weighted by Crippen LogP contribution is 2.22. The maximum atomic E-state index is 12.4. The minimum Gasteiger partial charge on any atom is -0.480 e. The number of hydrogen-bond acceptors (Lipinski definition) is 4. The maximum absolute atomic E-state index is 12.4. The zero-order valence-corrected chi connectivity index (χ0v) is 14.9. The number of carbonyl (C=O) groups is 2. The number of carbonyl (C=O) groups excluding carboxylic acids is 1. The van der Waals surface area contributed by atoms with Crippen molar-refractivity contribution in [2.45, 2.75) is 57.8 Å². The number of carboxylic acids is 1. The second kappa shape index (κ2) is 8.56. The molecule has 0 radical (unpaired) electrons. The number of aliphatic carboxylic acids is 1. The van der Waals surface area contributed by atoms with Crippen LogP contribution in [-0.4, -0.2) is 46.4 Å². The van der Waals surface area contributed by atoms with Gasteiger partial charge in [0.2, 0.25) is 0 Å². The Morgan fingerprint density at radius 1 is 1.16 bits per heavy atom. The molecule has 5 heteroatoms. The summed E-state index contributed by atoms with van der Waals surface area (Å²) in [6, 6.07) is 4.34. The van der Waals surface area contributed by atoms with Gasteiger partial charge in [-0.05, 0) is 76.1 Å². The Kier molecular flexibility index (Phi) is 6.19. The van der Waals surface area contributed by atoms with Gasteiger partial charge in [0.25, 0.3) is 0 Å². The van der Waals surface area contributed by atoms with Crippen LogP contribution >= 0.6 is 0 Å². The molecule has 1 aromatic rings. The number of piperidine rings is 1. The molecule has 0 amide bonds. The zero-order valence-electron chi connectivity index (χ0n) is 14.9. The second-order valence-corrected chi connectivity index (χ2v) is 7.38. The summed E-state index contributed by atoms with van der Waals surface area (Å²) in [5, 5.41) is 8.82. The third-order valence-corrected chi connectivity index (χ3v) is 5.49. The molecule has 1 aliphatic heterocycles. The molecule has 1 N–H and O–H groups in total. The molecule has 1 aliphatic carbocycles. The fourth-order valence-electron chi connectivity index (χ4n) is 4.02. The van der Waals surface area contributed by atoms with Crippen LogP contribution in [0.15, 0.2) is 12.1 Å². The molecular formula is C20H28N2O3. The zero-order chi connectivity index (χ0) is 17.6. The first kappa shape index (κ1) is 18.1. The molecule has 5 nitrogen and oxygen atoms in total. The van der Waals surface area contributed by atoms with E-state index in [9.17, 15) is 9.59 Å². The number of fused-ring (bicyclic) bond motifs is 1. The molecule has 0 atom stereocenters. The van der Waals surface area contributed by atoms with Crippen LogP contribution in [0.1, 0.15) is 55.5 Å². The largest absolute Gasteiger partial charge is 0.480 e. The van der Waals surface area contributed by atoms with Crippen LogP contribution in [0.4, 0.5) is 0 Å². The van der Waals surface area contributed by atoms with E-state index in [0.29, 0.717) is 12.2 Å². The average molecular weight is 344 g/mol. The van der Waals surface area contributed by atoms with Crippen molar-refractivity contribution in [3.05, 3.63) is 29.1 Å². The minimum atomic E-state index is -0.790. The predicted octanol–water partition coefficient (Wildman–Crippen LogP) is 2.65. The van der Waals surface area contributed by atoms with Crippen LogP contribution in [0.3, 0.4) is 0 Å². The number of nitrogens with zero attached hydrogens (tertiary/aromatic N) is 2. The van der Waals surface area contributed by atoms with Gasteiger partial charge in [-0.1, -0.05) is 6.07 Å². The van der Waals surface area contributed by atoms with Crippen molar-refractivity contribution in [1.82, 2.24) is 9.88 Å². The molecule has 2 aliphatic rings. The number of carboxylic acid groups (broad SMARTS) is 1. The summed E-state index contributed by atoms with van der Waals surface area (Å²) in [4.78, 5) is 29.8. The molecule has 0 unspecified atom stereocenters. The highest BCUT2D eigenvalue weighted by atomic mass is 16.4. The monoisotopic (exact) mass is 344 g/mol. The number of pyridine rings is 1. The first-order valence-corrected chi connectivity index (χ1v) is 9.56. The summed E-state index contributed by atoms with van der Waals surface area (Å²) in [7, 11) is 0. The Labute approximate surface area is 149 Å². The number of aryl methyl sites for hydroxylation is 3. The lowest BCUT2D eigenvalue weighted by Crippen LogP contribution is -2.39. The molecule has 1 saturated heterocycles. The van der Waals surface area contributed by atoms with Gasteiger partial charge in [-0.3, -0.25) is 19.5 Å². The molecule has 2 heterocycles. The lowest BCUT2D eigenvalue weighted by molar-refractivity contribution is -0.138. The van der Waals surface area contributed by atoms with E-state index in [1.54, 1.807) is 0 Å². The van der Waals surface area contributed by atoms with Crippen LogP contribution in [0.25, 0.3) is 0 Å². The van der Waals surface area contributed by atoms with Gasteiger partial charge in [-0.15, -0.1) is 0 Å². The third-order valence-electron chi connectivity index (χ3n) is 5.49. The standard InChI is InChI=1S/C20H28N2O3/c23-19(16-10-12-22(13-11-16)14-20(24)25)7-3-5-17-9-8-15-4-1-2-6-18(15)21-17/h8-9,16H,1-7,10-14H2,(H,24,25). The van der Waals surface area contributed by atoms with E-state index in [0.717, 1.165) is 57.3 Å². The van der Waals surface area contributed by atoms with Crippen molar-refractivity contribution < 1.29 is 14.7 Å². The third kappa shape index (κ3) is 5.11. The van der Waals surface area contributed by atoms with Gasteiger partial charge in [0.05, 0.1) is 6.54 Å². The van der Waals surface area contributed by atoms with Gasteiger partial charge in [0, 0.05) is 23.7 Å². The summed E-state index contributed by atoms with van der Waals surface area (Å²) in [5.74, 6) is -0.336. The van der Waals surface area contributed by atoms with Gasteiger partial charge in [0.15, 0.2) is 0 Å². The average Bonchev–Trinajstić information content (AvgIpc) is 2.61. The number of Topliss-reactive ketones (excluding diaryl/α,β-unsaturated/α-hetero) is 1. The molecule has 1 aromatic heterocycles. The number of likely N-dealkylation sites (tertiary alicyclic amines) is 1. The quantitative estimate of drug-likeness (QED) is 0.823. The SMILES string of the molecule is O=C(O)CN1CCC(C(=O)CCCc2ccc3c(n2)CCCC3)CC1. The lowest BCUT2D eigenvalue weighted by atomic mass is 9.89. The topological polar surface area (TPSA) is 70.5 Å². The van der Waals surface area contributed by atoms with Crippen molar-refractivity contribution >= 4 is 11.8 Å². The first-order chi connectivity index (χ1) is 12.1. The maximum Gasteiger partial charge on any atom is 0.317 e.